The number of hydrogen-bond acceptors (Lipinski definition) is 0. The fraction of sp³-hybridized carbons (Fsp3) is 0.133. The lowest BCUT2D eigenvalue weighted by molar-refractivity contribution is 1.17. The lowest BCUT2D eigenvalue weighted by Crippen LogP contribution is -1.97. The summed E-state index contributed by atoms with van der Waals surface area (Å²) >= 11 is 0. The third-order valence-corrected chi connectivity index (χ3v) is 6.75. The van der Waals surface area contributed by atoms with Crippen LogP contribution < -0.4 is 0 Å². The van der Waals surface area contributed by atoms with Crippen LogP contribution in [0.4, 0.5) is 0 Å². The van der Waals surface area contributed by atoms with E-state index < -0.39 is 0 Å². The van der Waals surface area contributed by atoms with Crippen LogP contribution in [0.25, 0.3) is 32.7 Å². The molecule has 1 aliphatic carbocycles. The second kappa shape index (κ2) is 6.85. The molecule has 0 unspecified atom stereocenters. The molecule has 0 N–H and O–H groups in total. The van der Waals surface area contributed by atoms with E-state index in [9.17, 15) is 0 Å². The number of rotatable bonds is 3. The van der Waals surface area contributed by atoms with Crippen molar-refractivity contribution >= 4 is 21.5 Å². The summed E-state index contributed by atoms with van der Waals surface area (Å²) in [6.07, 6.45) is 3.07. The fourth-order valence-electron chi connectivity index (χ4n) is 5.37. The zero-order valence-electron chi connectivity index (χ0n) is 17.3. The summed E-state index contributed by atoms with van der Waals surface area (Å²) in [4.78, 5) is 0. The standard InChI is InChI=1S/C30H24/c1-2-23-25-11-5-7-13-27(25)30(28-14-8-6-12-26(23)28)18-20-15-16-22-19-21-9-3-4-10-24(21)29(22)17-20/h3-17H,2,18-19H2,1H3. The SMILES string of the molecule is CCc1c2ccccc2c(Cc2ccc3c(c2)-c2ccccc2C3)c2ccccc12. The van der Waals surface area contributed by atoms with Crippen LogP contribution in [0.1, 0.15) is 34.7 Å². The maximum Gasteiger partial charge on any atom is -0.00132 e. The van der Waals surface area contributed by atoms with Crippen LogP contribution in [0.3, 0.4) is 0 Å². The van der Waals surface area contributed by atoms with Crippen molar-refractivity contribution in [1.29, 1.82) is 0 Å². The molecule has 0 radical (unpaired) electrons. The van der Waals surface area contributed by atoms with Gasteiger partial charge in [-0.3, -0.25) is 0 Å². The third-order valence-electron chi connectivity index (χ3n) is 6.75. The van der Waals surface area contributed by atoms with E-state index in [4.69, 9.17) is 0 Å². The van der Waals surface area contributed by atoms with Crippen LogP contribution >= 0.6 is 0 Å². The molecule has 144 valence electrons. The van der Waals surface area contributed by atoms with Gasteiger partial charge in [-0.1, -0.05) is 97.9 Å². The molecule has 0 spiro atoms. The summed E-state index contributed by atoms with van der Waals surface area (Å²) in [6, 6.07) is 33.9. The zero-order valence-corrected chi connectivity index (χ0v) is 17.3. The lowest BCUT2D eigenvalue weighted by Gasteiger charge is -2.16. The van der Waals surface area contributed by atoms with Crippen molar-refractivity contribution in [3.8, 4) is 11.1 Å². The average Bonchev–Trinajstić information content (AvgIpc) is 3.17. The maximum atomic E-state index is 2.43. The minimum atomic E-state index is 0.959. The molecule has 0 heteroatoms. The van der Waals surface area contributed by atoms with Gasteiger partial charge in [0.2, 0.25) is 0 Å². The number of fused-ring (bicyclic) bond motifs is 5. The molecule has 0 aliphatic heterocycles. The van der Waals surface area contributed by atoms with Crippen LogP contribution in [0.5, 0.6) is 0 Å². The van der Waals surface area contributed by atoms with Gasteiger partial charge < -0.3 is 0 Å². The first-order chi connectivity index (χ1) is 14.8. The summed E-state index contributed by atoms with van der Waals surface area (Å²) < 4.78 is 0. The largest absolute Gasteiger partial charge is 0.0619 e. The molecule has 1 aliphatic rings. The molecular weight excluding hydrogens is 360 g/mol. The predicted molar refractivity (Wildman–Crippen MR) is 128 cm³/mol. The molecule has 0 bridgehead atoms. The van der Waals surface area contributed by atoms with Crippen LogP contribution in [0, 0.1) is 0 Å². The Morgan fingerprint density at radius 3 is 1.80 bits per heavy atom. The smallest absolute Gasteiger partial charge is 0.00132 e. The highest BCUT2D eigenvalue weighted by atomic mass is 14.2. The molecule has 5 aromatic carbocycles. The third kappa shape index (κ3) is 2.60. The van der Waals surface area contributed by atoms with Gasteiger partial charge in [0.25, 0.3) is 0 Å². The van der Waals surface area contributed by atoms with Crippen molar-refractivity contribution in [2.75, 3.05) is 0 Å². The first-order valence-electron chi connectivity index (χ1n) is 10.9. The van der Waals surface area contributed by atoms with Crippen molar-refractivity contribution < 1.29 is 0 Å². The maximum absolute atomic E-state index is 2.43. The normalized spacial score (nSPS) is 12.3. The average molecular weight is 385 g/mol. The highest BCUT2D eigenvalue weighted by molar-refractivity contribution is 6.06. The molecule has 0 saturated heterocycles. The van der Waals surface area contributed by atoms with Gasteiger partial charge in [0.1, 0.15) is 0 Å². The zero-order chi connectivity index (χ0) is 20.1. The Bertz CT molecular complexity index is 1360. The Balaban J connectivity index is 1.55. The van der Waals surface area contributed by atoms with E-state index in [0.717, 1.165) is 19.3 Å². The van der Waals surface area contributed by atoms with E-state index in [2.05, 4.69) is 97.9 Å². The van der Waals surface area contributed by atoms with Crippen molar-refractivity contribution in [1.82, 2.24) is 0 Å². The van der Waals surface area contributed by atoms with Crippen LogP contribution in [-0.4, -0.2) is 0 Å². The van der Waals surface area contributed by atoms with Gasteiger partial charge in [0.05, 0.1) is 0 Å². The molecule has 0 fully saturated rings. The molecule has 0 nitrogen and oxygen atoms in total. The summed E-state index contributed by atoms with van der Waals surface area (Å²) in [5.74, 6) is 0. The van der Waals surface area contributed by atoms with E-state index in [-0.39, 0.29) is 0 Å². The van der Waals surface area contributed by atoms with Gasteiger partial charge in [-0.15, -0.1) is 0 Å². The van der Waals surface area contributed by atoms with Crippen molar-refractivity contribution in [2.45, 2.75) is 26.2 Å². The van der Waals surface area contributed by atoms with Crippen molar-refractivity contribution in [3.05, 3.63) is 119 Å². The van der Waals surface area contributed by atoms with Crippen molar-refractivity contribution in [3.63, 3.8) is 0 Å². The molecule has 0 aromatic heterocycles. The second-order valence-corrected chi connectivity index (χ2v) is 8.40. The van der Waals surface area contributed by atoms with Gasteiger partial charge in [0.15, 0.2) is 0 Å². The Morgan fingerprint density at radius 2 is 1.13 bits per heavy atom. The highest BCUT2D eigenvalue weighted by Crippen LogP contribution is 2.39. The number of hydrogen-bond donors (Lipinski definition) is 0. The Labute approximate surface area is 177 Å². The predicted octanol–water partition coefficient (Wildman–Crippen LogP) is 7.72. The molecule has 6 rings (SSSR count). The minimum absolute atomic E-state index is 0.959. The first kappa shape index (κ1) is 17.5. The fourth-order valence-corrected chi connectivity index (χ4v) is 5.37. The minimum Gasteiger partial charge on any atom is -0.0619 e. The molecule has 0 atom stereocenters. The highest BCUT2D eigenvalue weighted by Gasteiger charge is 2.19. The molecule has 5 aromatic rings. The van der Waals surface area contributed by atoms with Crippen LogP contribution in [0.2, 0.25) is 0 Å². The molecule has 30 heavy (non-hydrogen) atoms. The summed E-state index contributed by atoms with van der Waals surface area (Å²) in [5, 5.41) is 5.60. The monoisotopic (exact) mass is 384 g/mol. The lowest BCUT2D eigenvalue weighted by atomic mass is 9.87. The van der Waals surface area contributed by atoms with E-state index >= 15 is 0 Å². The van der Waals surface area contributed by atoms with Gasteiger partial charge in [0, 0.05) is 0 Å². The summed E-state index contributed by atoms with van der Waals surface area (Å²) in [7, 11) is 0. The van der Waals surface area contributed by atoms with Crippen LogP contribution in [0.15, 0.2) is 91.0 Å². The van der Waals surface area contributed by atoms with Gasteiger partial charge in [-0.2, -0.15) is 0 Å². The Kier molecular flexibility index (Phi) is 3.99. The molecule has 0 amide bonds. The first-order valence-corrected chi connectivity index (χ1v) is 10.9. The molecule has 0 saturated carbocycles. The number of benzene rings is 5. The van der Waals surface area contributed by atoms with E-state index in [0.29, 0.717) is 0 Å². The quantitative estimate of drug-likeness (QED) is 0.274. The molecule has 0 heterocycles. The van der Waals surface area contributed by atoms with E-state index in [1.165, 1.54) is 60.5 Å². The summed E-state index contributed by atoms with van der Waals surface area (Å²) in [5.41, 5.74) is 10.0. The van der Waals surface area contributed by atoms with Gasteiger partial charge in [-0.25, -0.2) is 0 Å². The Hall–Kier alpha value is -3.38. The van der Waals surface area contributed by atoms with Gasteiger partial charge in [-0.05, 0) is 79.8 Å². The topological polar surface area (TPSA) is 0 Å². The van der Waals surface area contributed by atoms with Crippen LogP contribution in [-0.2, 0) is 19.3 Å². The summed E-state index contributed by atoms with van der Waals surface area (Å²) in [6.45, 7) is 2.27. The second-order valence-electron chi connectivity index (χ2n) is 8.40. The molecular formula is C30H24. The van der Waals surface area contributed by atoms with E-state index in [1.807, 2.05) is 0 Å². The Morgan fingerprint density at radius 1 is 0.567 bits per heavy atom. The number of aryl methyl sites for hydroxylation is 1. The van der Waals surface area contributed by atoms with E-state index in [1.54, 1.807) is 0 Å². The van der Waals surface area contributed by atoms with Gasteiger partial charge >= 0.3 is 0 Å². The van der Waals surface area contributed by atoms with Crippen molar-refractivity contribution in [2.24, 2.45) is 0 Å².